The monoisotopic (exact) mass is 394 g/mol. The van der Waals surface area contributed by atoms with Gasteiger partial charge in [0, 0.05) is 31.2 Å². The maximum atomic E-state index is 12.2. The van der Waals surface area contributed by atoms with Gasteiger partial charge in [-0.05, 0) is 0 Å². The van der Waals surface area contributed by atoms with Gasteiger partial charge in [0.1, 0.15) is 6.17 Å². The van der Waals surface area contributed by atoms with Crippen LogP contribution in [-0.4, -0.2) is 75.4 Å². The molecule has 13 nitrogen and oxygen atoms in total. The van der Waals surface area contributed by atoms with E-state index in [1.807, 2.05) is 10.6 Å². The Morgan fingerprint density at radius 2 is 1.25 bits per heavy atom. The third kappa shape index (κ3) is 4.27. The normalized spacial score (nSPS) is 16.8. The van der Waals surface area contributed by atoms with E-state index in [0.717, 1.165) is 31.2 Å². The lowest BCUT2D eigenvalue weighted by Crippen LogP contribution is -2.62. The zero-order chi connectivity index (χ0) is 21.0. The topological polar surface area (TPSA) is 179 Å². The molecule has 148 valence electrons. The fourth-order valence-electron chi connectivity index (χ4n) is 2.24. The van der Waals surface area contributed by atoms with Gasteiger partial charge in [-0.3, -0.25) is 24.0 Å². The average molecular weight is 394 g/mol. The van der Waals surface area contributed by atoms with Gasteiger partial charge in [-0.15, -0.1) is 0 Å². The van der Waals surface area contributed by atoms with E-state index in [1.54, 1.807) is 0 Å². The quantitative estimate of drug-likeness (QED) is 0.258. The Morgan fingerprint density at radius 1 is 0.893 bits per heavy atom. The van der Waals surface area contributed by atoms with Gasteiger partial charge in [0.05, 0.1) is 6.61 Å². The first kappa shape index (κ1) is 20.4. The molecule has 2 rings (SSSR count). The fraction of sp³-hybridized carbons (Fsp3) is 0.267. The van der Waals surface area contributed by atoms with Gasteiger partial charge in [0.15, 0.2) is 6.10 Å². The van der Waals surface area contributed by atoms with E-state index in [4.69, 9.17) is 4.74 Å². The van der Waals surface area contributed by atoms with Crippen LogP contribution in [0.15, 0.2) is 24.3 Å². The summed E-state index contributed by atoms with van der Waals surface area (Å²) in [6, 6.07) is -2.60. The SMILES string of the molecule is CC(=O)OC(CO)C(NC(=O)N1C(=O)C=CC1=O)NC(=O)N1C(=O)C=CC1=O. The zero-order valence-corrected chi connectivity index (χ0v) is 14.3. The van der Waals surface area contributed by atoms with E-state index in [9.17, 15) is 38.7 Å². The number of nitrogens with zero attached hydrogens (tertiary/aromatic N) is 2. The second-order valence-electron chi connectivity index (χ2n) is 5.40. The smallest absolute Gasteiger partial charge is 0.333 e. The van der Waals surface area contributed by atoms with E-state index < -0.39 is 60.5 Å². The van der Waals surface area contributed by atoms with Crippen molar-refractivity contribution in [2.45, 2.75) is 19.2 Å². The van der Waals surface area contributed by atoms with E-state index in [2.05, 4.69) is 0 Å². The van der Waals surface area contributed by atoms with Crippen molar-refractivity contribution in [2.75, 3.05) is 6.61 Å². The Morgan fingerprint density at radius 3 is 1.54 bits per heavy atom. The molecule has 28 heavy (non-hydrogen) atoms. The van der Waals surface area contributed by atoms with Crippen LogP contribution in [0.2, 0.25) is 0 Å². The Balaban J connectivity index is 2.20. The second kappa shape index (κ2) is 8.22. The first-order valence-electron chi connectivity index (χ1n) is 7.67. The van der Waals surface area contributed by atoms with Gasteiger partial charge in [-0.2, -0.15) is 9.80 Å². The summed E-state index contributed by atoms with van der Waals surface area (Å²) >= 11 is 0. The highest BCUT2D eigenvalue weighted by Gasteiger charge is 2.37. The fourth-order valence-corrected chi connectivity index (χ4v) is 2.24. The molecule has 0 aromatic rings. The van der Waals surface area contributed by atoms with Crippen molar-refractivity contribution in [3.8, 4) is 0 Å². The molecule has 1 unspecified atom stereocenters. The highest BCUT2D eigenvalue weighted by Crippen LogP contribution is 2.08. The number of hydrogen-bond acceptors (Lipinski definition) is 9. The zero-order valence-electron chi connectivity index (χ0n) is 14.3. The van der Waals surface area contributed by atoms with Gasteiger partial charge in [-0.1, -0.05) is 0 Å². The van der Waals surface area contributed by atoms with E-state index >= 15 is 0 Å². The van der Waals surface area contributed by atoms with Crippen molar-refractivity contribution in [1.82, 2.24) is 20.4 Å². The number of ether oxygens (including phenoxy) is 1. The van der Waals surface area contributed by atoms with Crippen molar-refractivity contribution in [2.24, 2.45) is 0 Å². The minimum Gasteiger partial charge on any atom is -0.456 e. The molecule has 13 heteroatoms. The minimum atomic E-state index is -1.70. The first-order chi connectivity index (χ1) is 13.1. The van der Waals surface area contributed by atoms with Crippen LogP contribution in [0.1, 0.15) is 6.92 Å². The number of esters is 1. The number of aliphatic hydroxyl groups is 1. The van der Waals surface area contributed by atoms with Gasteiger partial charge in [-0.25, -0.2) is 9.59 Å². The Labute approximate surface area is 156 Å². The predicted molar refractivity (Wildman–Crippen MR) is 85.5 cm³/mol. The molecule has 0 saturated carbocycles. The third-order valence-electron chi connectivity index (χ3n) is 3.45. The molecule has 0 saturated heterocycles. The van der Waals surface area contributed by atoms with Crippen LogP contribution >= 0.6 is 0 Å². The molecule has 3 N–H and O–H groups in total. The van der Waals surface area contributed by atoms with Crippen molar-refractivity contribution in [3.05, 3.63) is 24.3 Å². The molecule has 0 aromatic heterocycles. The van der Waals surface area contributed by atoms with Crippen LogP contribution in [0.5, 0.6) is 0 Å². The highest BCUT2D eigenvalue weighted by atomic mass is 16.6. The molecule has 0 radical (unpaired) electrons. The number of hydrogen-bond donors (Lipinski definition) is 3. The number of urea groups is 2. The van der Waals surface area contributed by atoms with Crippen LogP contribution < -0.4 is 10.6 Å². The molecule has 0 bridgehead atoms. The number of rotatable bonds is 5. The Bertz CT molecular complexity index is 739. The molecular formula is C15H14N4O9. The van der Waals surface area contributed by atoms with Crippen LogP contribution in [0, 0.1) is 0 Å². The molecule has 2 aliphatic heterocycles. The highest BCUT2D eigenvalue weighted by molar-refractivity contribution is 6.23. The van der Waals surface area contributed by atoms with Crippen LogP contribution in [0.25, 0.3) is 0 Å². The number of amides is 8. The van der Waals surface area contributed by atoms with Gasteiger partial charge >= 0.3 is 18.0 Å². The summed E-state index contributed by atoms with van der Waals surface area (Å²) in [5.41, 5.74) is 0. The molecule has 1 atom stereocenters. The molecule has 2 heterocycles. The lowest BCUT2D eigenvalue weighted by atomic mass is 10.3. The standard InChI is InChI=1S/C15H14N4O9/c1-7(21)28-8(6-20)13(16-14(26)18-9(22)2-3-10(18)23)17-15(27)19-11(24)4-5-12(19)25/h2-5,8,13,20H,6H2,1H3,(H,16,26)(H,17,27). The summed E-state index contributed by atoms with van der Waals surface area (Å²) in [6.45, 7) is 0.0866. The molecule has 2 aliphatic rings. The molecule has 0 fully saturated rings. The predicted octanol–water partition coefficient (Wildman–Crippen LogP) is -2.49. The third-order valence-corrected chi connectivity index (χ3v) is 3.45. The number of aliphatic hydroxyl groups excluding tert-OH is 1. The van der Waals surface area contributed by atoms with Crippen LogP contribution in [0.4, 0.5) is 9.59 Å². The number of carbonyl (C=O) groups is 7. The van der Waals surface area contributed by atoms with E-state index in [0.29, 0.717) is 0 Å². The Kier molecular flexibility index (Phi) is 6.00. The lowest BCUT2D eigenvalue weighted by molar-refractivity contribution is -0.151. The Hall–Kier alpha value is -3.87. The largest absolute Gasteiger partial charge is 0.456 e. The van der Waals surface area contributed by atoms with Crippen molar-refractivity contribution in [3.63, 3.8) is 0 Å². The molecule has 0 aliphatic carbocycles. The molecule has 0 spiro atoms. The van der Waals surface area contributed by atoms with Gasteiger partial charge in [0.25, 0.3) is 23.6 Å². The number of nitrogens with one attached hydrogen (secondary N) is 2. The van der Waals surface area contributed by atoms with Gasteiger partial charge < -0.3 is 20.5 Å². The number of imide groups is 6. The van der Waals surface area contributed by atoms with Crippen LogP contribution in [-0.2, 0) is 28.7 Å². The van der Waals surface area contributed by atoms with Gasteiger partial charge in [0.2, 0.25) is 0 Å². The van der Waals surface area contributed by atoms with Crippen molar-refractivity contribution < 1.29 is 43.4 Å². The summed E-state index contributed by atoms with van der Waals surface area (Å²) in [4.78, 5) is 82.3. The molecule has 8 amide bonds. The van der Waals surface area contributed by atoms with E-state index in [-0.39, 0.29) is 9.80 Å². The maximum Gasteiger partial charge on any atom is 0.333 e. The molecule has 0 aromatic carbocycles. The maximum absolute atomic E-state index is 12.2. The van der Waals surface area contributed by atoms with Crippen molar-refractivity contribution >= 4 is 41.7 Å². The van der Waals surface area contributed by atoms with E-state index in [1.165, 1.54) is 0 Å². The summed E-state index contributed by atoms with van der Waals surface area (Å²) in [5.74, 6) is -4.74. The molecular weight excluding hydrogens is 380 g/mol. The second-order valence-corrected chi connectivity index (χ2v) is 5.40. The summed E-state index contributed by atoms with van der Waals surface area (Å²) in [7, 11) is 0. The summed E-state index contributed by atoms with van der Waals surface area (Å²) < 4.78 is 4.77. The van der Waals surface area contributed by atoms with Crippen molar-refractivity contribution in [1.29, 1.82) is 0 Å². The number of carbonyl (C=O) groups excluding carboxylic acids is 7. The van der Waals surface area contributed by atoms with Crippen LogP contribution in [0.3, 0.4) is 0 Å². The minimum absolute atomic E-state index is 0.190. The summed E-state index contributed by atoms with van der Waals surface area (Å²) in [5, 5.41) is 13.5. The lowest BCUT2D eigenvalue weighted by Gasteiger charge is -2.29. The first-order valence-corrected chi connectivity index (χ1v) is 7.67. The summed E-state index contributed by atoms with van der Waals surface area (Å²) in [6.07, 6.45) is 0.0658. The average Bonchev–Trinajstić information content (AvgIpc) is 3.12.